The first kappa shape index (κ1) is 22.7. The number of H-pyrrole nitrogens is 2. The second kappa shape index (κ2) is 9.17. The van der Waals surface area contributed by atoms with Crippen LogP contribution in [0.3, 0.4) is 0 Å². The molecule has 0 unspecified atom stereocenters. The highest BCUT2D eigenvalue weighted by atomic mass is 79.9. The van der Waals surface area contributed by atoms with E-state index in [1.807, 2.05) is 24.3 Å². The quantitative estimate of drug-likeness (QED) is 0.240. The number of carbonyl (C=O) groups excluding carboxylic acids is 1. The first-order valence-corrected chi connectivity index (χ1v) is 11.6. The topological polar surface area (TPSA) is 81.9 Å². The minimum absolute atomic E-state index is 0.0166. The second-order valence-electron chi connectivity index (χ2n) is 8.78. The Bertz CT molecular complexity index is 1270. The van der Waals surface area contributed by atoms with Crippen molar-refractivity contribution in [3.05, 3.63) is 52.0 Å². The van der Waals surface area contributed by atoms with Crippen LogP contribution in [0.15, 0.2) is 46.9 Å². The molecule has 1 amide bonds. The van der Waals surface area contributed by atoms with E-state index < -0.39 is 0 Å². The molecule has 32 heavy (non-hydrogen) atoms. The number of halogens is 2. The fourth-order valence-electron chi connectivity index (χ4n) is 3.47. The van der Waals surface area contributed by atoms with Crippen molar-refractivity contribution in [1.29, 1.82) is 0 Å². The zero-order valence-electron chi connectivity index (χ0n) is 18.2. The summed E-state index contributed by atoms with van der Waals surface area (Å²) in [6.07, 6.45) is 0. The van der Waals surface area contributed by atoms with Crippen LogP contribution in [0.25, 0.3) is 33.2 Å². The molecule has 4 rings (SSSR count). The van der Waals surface area contributed by atoms with Crippen LogP contribution in [-0.4, -0.2) is 41.1 Å². The first-order chi connectivity index (χ1) is 15.2. The summed E-state index contributed by atoms with van der Waals surface area (Å²) in [5.41, 5.74) is 3.89. The summed E-state index contributed by atoms with van der Waals surface area (Å²) in [5, 5.41) is 8.72. The van der Waals surface area contributed by atoms with Crippen LogP contribution >= 0.6 is 27.5 Å². The molecular formula is C24H26BrClN4O2. The molecule has 0 aliphatic heterocycles. The van der Waals surface area contributed by atoms with Crippen molar-refractivity contribution in [1.82, 2.24) is 20.6 Å². The van der Waals surface area contributed by atoms with Gasteiger partial charge < -0.3 is 25.3 Å². The van der Waals surface area contributed by atoms with Crippen LogP contribution < -0.4 is 15.4 Å². The van der Waals surface area contributed by atoms with Gasteiger partial charge in [-0.3, -0.25) is 4.79 Å². The molecule has 0 saturated heterocycles. The Labute approximate surface area is 200 Å². The molecule has 2 aromatic heterocycles. The van der Waals surface area contributed by atoms with Gasteiger partial charge >= 0.3 is 0 Å². The van der Waals surface area contributed by atoms with Crippen molar-refractivity contribution >= 4 is 55.2 Å². The highest BCUT2D eigenvalue weighted by molar-refractivity contribution is 9.10. The monoisotopic (exact) mass is 516 g/mol. The number of amides is 1. The average molecular weight is 518 g/mol. The summed E-state index contributed by atoms with van der Waals surface area (Å²) in [7, 11) is 0. The van der Waals surface area contributed by atoms with Gasteiger partial charge in [0.15, 0.2) is 6.61 Å². The van der Waals surface area contributed by atoms with Crippen LogP contribution in [0.2, 0.25) is 5.02 Å². The van der Waals surface area contributed by atoms with Crippen molar-refractivity contribution in [2.45, 2.75) is 26.3 Å². The number of ether oxygens (including phenoxy) is 1. The number of nitrogens with one attached hydrogen (secondary N) is 4. The third-order valence-corrected chi connectivity index (χ3v) is 5.80. The van der Waals surface area contributed by atoms with Gasteiger partial charge in [0.05, 0.1) is 16.4 Å². The maximum absolute atomic E-state index is 12.1. The van der Waals surface area contributed by atoms with Gasteiger partial charge in [-0.15, -0.1) is 0 Å². The normalized spacial score (nSPS) is 11.9. The molecule has 0 aliphatic carbocycles. The lowest BCUT2D eigenvalue weighted by atomic mass is 10.1. The summed E-state index contributed by atoms with van der Waals surface area (Å²) in [4.78, 5) is 18.9. The van der Waals surface area contributed by atoms with Crippen LogP contribution in [0, 0.1) is 0 Å². The van der Waals surface area contributed by atoms with Gasteiger partial charge in [-0.05, 0) is 51.1 Å². The SMILES string of the molecule is CC(C)(C)NCCNC(=O)COc1cc2[nH]c(-c3cc4ccc(Br)cc4[nH]3)cc2cc1Cl. The lowest BCUT2D eigenvalue weighted by molar-refractivity contribution is -0.123. The highest BCUT2D eigenvalue weighted by Gasteiger charge is 2.12. The molecule has 2 aromatic carbocycles. The summed E-state index contributed by atoms with van der Waals surface area (Å²) < 4.78 is 6.71. The standard InChI is InChI=1S/C24H26BrClN4O2/c1-24(2,3)28-7-6-27-23(31)13-32-22-12-19-15(8-17(22)26)10-21(30-19)20-9-14-4-5-16(25)11-18(14)29-20/h4-5,8-12,28-30H,6-7,13H2,1-3H3,(H,27,31). The molecule has 4 aromatic rings. The van der Waals surface area contributed by atoms with Crippen molar-refractivity contribution in [2.24, 2.45) is 0 Å². The molecule has 0 atom stereocenters. The van der Waals surface area contributed by atoms with E-state index in [1.165, 1.54) is 0 Å². The number of hydrogen-bond acceptors (Lipinski definition) is 3. The molecular weight excluding hydrogens is 492 g/mol. The Morgan fingerprint density at radius 2 is 1.69 bits per heavy atom. The maximum Gasteiger partial charge on any atom is 0.257 e. The van der Waals surface area contributed by atoms with E-state index in [0.717, 1.165) is 37.7 Å². The van der Waals surface area contributed by atoms with Crippen molar-refractivity contribution in [3.8, 4) is 17.1 Å². The minimum atomic E-state index is -0.187. The third kappa shape index (κ3) is 5.46. The highest BCUT2D eigenvalue weighted by Crippen LogP contribution is 2.33. The van der Waals surface area contributed by atoms with E-state index in [2.05, 4.69) is 75.5 Å². The molecule has 0 saturated carbocycles. The van der Waals surface area contributed by atoms with Gasteiger partial charge in [-0.1, -0.05) is 33.6 Å². The van der Waals surface area contributed by atoms with Crippen molar-refractivity contribution in [3.63, 3.8) is 0 Å². The summed E-state index contributed by atoms with van der Waals surface area (Å²) in [5.74, 6) is 0.282. The zero-order valence-corrected chi connectivity index (χ0v) is 20.6. The summed E-state index contributed by atoms with van der Waals surface area (Å²) >= 11 is 9.91. The Kier molecular flexibility index (Phi) is 6.51. The Hall–Kier alpha value is -2.48. The number of hydrogen-bond donors (Lipinski definition) is 4. The molecule has 168 valence electrons. The molecule has 0 aliphatic rings. The Balaban J connectivity index is 1.43. The Morgan fingerprint density at radius 3 is 2.41 bits per heavy atom. The number of fused-ring (bicyclic) bond motifs is 2. The third-order valence-electron chi connectivity index (χ3n) is 5.01. The molecule has 6 nitrogen and oxygen atoms in total. The van der Waals surface area contributed by atoms with Crippen LogP contribution in [0.1, 0.15) is 20.8 Å². The molecule has 0 radical (unpaired) electrons. The summed E-state index contributed by atoms with van der Waals surface area (Å²) in [6, 6.07) is 13.9. The predicted molar refractivity (Wildman–Crippen MR) is 135 cm³/mol. The summed E-state index contributed by atoms with van der Waals surface area (Å²) in [6.45, 7) is 7.38. The number of carbonyl (C=O) groups is 1. The molecule has 4 N–H and O–H groups in total. The first-order valence-electron chi connectivity index (χ1n) is 10.4. The van der Waals surface area contributed by atoms with Gasteiger partial charge in [-0.25, -0.2) is 0 Å². The molecule has 0 fully saturated rings. The van der Waals surface area contributed by atoms with E-state index in [0.29, 0.717) is 23.9 Å². The number of benzene rings is 2. The van der Waals surface area contributed by atoms with E-state index in [1.54, 1.807) is 0 Å². The van der Waals surface area contributed by atoms with Crippen molar-refractivity contribution < 1.29 is 9.53 Å². The van der Waals surface area contributed by atoms with Gasteiger partial charge in [0.25, 0.3) is 5.91 Å². The largest absolute Gasteiger partial charge is 0.482 e. The second-order valence-corrected chi connectivity index (χ2v) is 10.1. The number of aromatic amines is 2. The number of rotatable bonds is 7. The van der Waals surface area contributed by atoms with Gasteiger partial charge in [-0.2, -0.15) is 0 Å². The van der Waals surface area contributed by atoms with Gasteiger partial charge in [0.2, 0.25) is 0 Å². The molecule has 0 bridgehead atoms. The lowest BCUT2D eigenvalue weighted by Gasteiger charge is -2.20. The fourth-order valence-corrected chi connectivity index (χ4v) is 4.05. The average Bonchev–Trinajstić information content (AvgIpc) is 3.31. The van der Waals surface area contributed by atoms with E-state index in [4.69, 9.17) is 16.3 Å². The lowest BCUT2D eigenvalue weighted by Crippen LogP contribution is -2.42. The van der Waals surface area contributed by atoms with Crippen molar-refractivity contribution in [2.75, 3.05) is 19.7 Å². The molecule has 2 heterocycles. The smallest absolute Gasteiger partial charge is 0.257 e. The fraction of sp³-hybridized carbons (Fsp3) is 0.292. The Morgan fingerprint density at radius 1 is 1.00 bits per heavy atom. The van der Waals surface area contributed by atoms with E-state index >= 15 is 0 Å². The number of aromatic nitrogens is 2. The van der Waals surface area contributed by atoms with Crippen LogP contribution in [-0.2, 0) is 4.79 Å². The van der Waals surface area contributed by atoms with Crippen LogP contribution in [0.4, 0.5) is 0 Å². The van der Waals surface area contributed by atoms with E-state index in [-0.39, 0.29) is 18.1 Å². The molecule has 0 spiro atoms. The van der Waals surface area contributed by atoms with Crippen LogP contribution in [0.5, 0.6) is 5.75 Å². The van der Waals surface area contributed by atoms with E-state index in [9.17, 15) is 4.79 Å². The van der Waals surface area contributed by atoms with Gasteiger partial charge in [0.1, 0.15) is 5.75 Å². The molecule has 8 heteroatoms. The maximum atomic E-state index is 12.1. The zero-order chi connectivity index (χ0) is 22.9. The predicted octanol–water partition coefficient (Wildman–Crippen LogP) is 5.62. The minimum Gasteiger partial charge on any atom is -0.482 e. The van der Waals surface area contributed by atoms with Gasteiger partial charge in [0, 0.05) is 51.0 Å².